The van der Waals surface area contributed by atoms with Crippen LogP contribution in [0.4, 0.5) is 5.69 Å². The fraction of sp³-hybridized carbons (Fsp3) is 0.600. The molecule has 0 saturated heterocycles. The summed E-state index contributed by atoms with van der Waals surface area (Å²) < 4.78 is 23.5. The number of nitrogens with two attached hydrogens (primary N) is 1. The summed E-state index contributed by atoms with van der Waals surface area (Å²) in [6.45, 7) is 3.34. The van der Waals surface area contributed by atoms with Crippen LogP contribution in [-0.4, -0.2) is 27.3 Å². The highest BCUT2D eigenvalue weighted by Crippen LogP contribution is 2.31. The van der Waals surface area contributed by atoms with E-state index in [0.717, 1.165) is 18.8 Å². The Labute approximate surface area is 121 Å². The number of sulfone groups is 1. The van der Waals surface area contributed by atoms with Gasteiger partial charge in [-0.05, 0) is 55.5 Å². The molecule has 0 bridgehead atoms. The molecule has 2 unspecified atom stereocenters. The number of anilines is 1. The predicted octanol–water partition coefficient (Wildman–Crippen LogP) is 2.27. The van der Waals surface area contributed by atoms with Gasteiger partial charge >= 0.3 is 0 Å². The lowest BCUT2D eigenvalue weighted by Gasteiger charge is -2.19. The maximum atomic E-state index is 11.7. The SMILES string of the molecule is CCS(=O)(=O)c1ccc(NCC2CCCC2CN)cc1. The summed E-state index contributed by atoms with van der Waals surface area (Å²) >= 11 is 0. The number of benzene rings is 1. The molecule has 0 aromatic heterocycles. The van der Waals surface area contributed by atoms with E-state index in [-0.39, 0.29) is 5.75 Å². The van der Waals surface area contributed by atoms with Crippen LogP contribution >= 0.6 is 0 Å². The summed E-state index contributed by atoms with van der Waals surface area (Å²) in [4.78, 5) is 0.395. The minimum absolute atomic E-state index is 0.139. The minimum Gasteiger partial charge on any atom is -0.385 e. The zero-order valence-corrected chi connectivity index (χ0v) is 12.8. The van der Waals surface area contributed by atoms with Crippen LogP contribution in [0.3, 0.4) is 0 Å². The Morgan fingerprint density at radius 3 is 2.45 bits per heavy atom. The molecule has 5 heteroatoms. The molecule has 0 amide bonds. The van der Waals surface area contributed by atoms with Gasteiger partial charge in [-0.2, -0.15) is 0 Å². The first-order valence-electron chi connectivity index (χ1n) is 7.33. The molecule has 20 heavy (non-hydrogen) atoms. The topological polar surface area (TPSA) is 72.2 Å². The number of rotatable bonds is 6. The van der Waals surface area contributed by atoms with E-state index < -0.39 is 9.84 Å². The van der Waals surface area contributed by atoms with E-state index in [1.807, 2.05) is 12.1 Å². The highest BCUT2D eigenvalue weighted by atomic mass is 32.2. The van der Waals surface area contributed by atoms with Crippen LogP contribution in [0.1, 0.15) is 26.2 Å². The molecule has 0 aliphatic heterocycles. The molecule has 1 aromatic carbocycles. The molecule has 1 aromatic rings. The van der Waals surface area contributed by atoms with Gasteiger partial charge < -0.3 is 11.1 Å². The lowest BCUT2D eigenvalue weighted by atomic mass is 9.96. The van der Waals surface area contributed by atoms with Crippen LogP contribution in [0.2, 0.25) is 0 Å². The van der Waals surface area contributed by atoms with Crippen molar-refractivity contribution >= 4 is 15.5 Å². The Kier molecular flexibility index (Phi) is 5.05. The highest BCUT2D eigenvalue weighted by Gasteiger charge is 2.25. The third-order valence-electron chi connectivity index (χ3n) is 4.28. The third kappa shape index (κ3) is 3.52. The van der Waals surface area contributed by atoms with Crippen molar-refractivity contribution in [3.05, 3.63) is 24.3 Å². The lowest BCUT2D eigenvalue weighted by Crippen LogP contribution is -2.24. The average molecular weight is 296 g/mol. The largest absolute Gasteiger partial charge is 0.385 e. The van der Waals surface area contributed by atoms with Crippen molar-refractivity contribution < 1.29 is 8.42 Å². The van der Waals surface area contributed by atoms with Crippen molar-refractivity contribution in [3.8, 4) is 0 Å². The van der Waals surface area contributed by atoms with E-state index in [9.17, 15) is 8.42 Å². The fourth-order valence-electron chi connectivity index (χ4n) is 2.89. The molecule has 2 atom stereocenters. The molecule has 0 radical (unpaired) electrons. The van der Waals surface area contributed by atoms with Crippen LogP contribution < -0.4 is 11.1 Å². The minimum atomic E-state index is -3.10. The third-order valence-corrected chi connectivity index (χ3v) is 6.03. The lowest BCUT2D eigenvalue weighted by molar-refractivity contribution is 0.414. The first-order valence-corrected chi connectivity index (χ1v) is 8.99. The van der Waals surface area contributed by atoms with E-state index in [2.05, 4.69) is 5.32 Å². The summed E-state index contributed by atoms with van der Waals surface area (Å²) in [7, 11) is -3.10. The van der Waals surface area contributed by atoms with Gasteiger partial charge in [0.1, 0.15) is 0 Å². The van der Waals surface area contributed by atoms with Crippen molar-refractivity contribution in [2.75, 3.05) is 24.2 Å². The molecule has 3 N–H and O–H groups in total. The molecule has 4 nitrogen and oxygen atoms in total. The van der Waals surface area contributed by atoms with Gasteiger partial charge in [0, 0.05) is 12.2 Å². The van der Waals surface area contributed by atoms with Crippen LogP contribution in [0, 0.1) is 11.8 Å². The van der Waals surface area contributed by atoms with Crippen molar-refractivity contribution in [1.82, 2.24) is 0 Å². The molecule has 112 valence electrons. The Morgan fingerprint density at radius 2 is 1.85 bits per heavy atom. The Morgan fingerprint density at radius 1 is 1.20 bits per heavy atom. The molecule has 0 heterocycles. The zero-order valence-electron chi connectivity index (χ0n) is 12.0. The average Bonchev–Trinajstić information content (AvgIpc) is 2.93. The summed E-state index contributed by atoms with van der Waals surface area (Å²) in [5.74, 6) is 1.40. The molecular formula is C15H24N2O2S. The van der Waals surface area contributed by atoms with Crippen molar-refractivity contribution in [2.45, 2.75) is 31.1 Å². The van der Waals surface area contributed by atoms with Gasteiger partial charge in [-0.1, -0.05) is 13.3 Å². The molecule has 0 spiro atoms. The van der Waals surface area contributed by atoms with Gasteiger partial charge in [-0.15, -0.1) is 0 Å². The Hall–Kier alpha value is -1.07. The van der Waals surface area contributed by atoms with Gasteiger partial charge in [0.25, 0.3) is 0 Å². The molecule has 1 saturated carbocycles. The number of nitrogens with one attached hydrogen (secondary N) is 1. The van der Waals surface area contributed by atoms with E-state index >= 15 is 0 Å². The first-order chi connectivity index (χ1) is 9.56. The second-order valence-electron chi connectivity index (χ2n) is 5.50. The van der Waals surface area contributed by atoms with Gasteiger partial charge in [0.05, 0.1) is 10.6 Å². The first kappa shape index (κ1) is 15.3. The van der Waals surface area contributed by atoms with Gasteiger partial charge in [-0.3, -0.25) is 0 Å². The molecule has 1 aliphatic carbocycles. The molecular weight excluding hydrogens is 272 g/mol. The second kappa shape index (κ2) is 6.59. The van der Waals surface area contributed by atoms with Crippen LogP contribution in [0.5, 0.6) is 0 Å². The highest BCUT2D eigenvalue weighted by molar-refractivity contribution is 7.91. The van der Waals surface area contributed by atoms with Gasteiger partial charge in [0.2, 0.25) is 0 Å². The Bertz CT molecular complexity index is 525. The monoisotopic (exact) mass is 296 g/mol. The maximum absolute atomic E-state index is 11.7. The van der Waals surface area contributed by atoms with E-state index in [0.29, 0.717) is 16.7 Å². The maximum Gasteiger partial charge on any atom is 0.178 e. The fourth-order valence-corrected chi connectivity index (χ4v) is 3.77. The van der Waals surface area contributed by atoms with Crippen LogP contribution in [0.15, 0.2) is 29.2 Å². The van der Waals surface area contributed by atoms with Crippen molar-refractivity contribution in [1.29, 1.82) is 0 Å². The van der Waals surface area contributed by atoms with Gasteiger partial charge in [0.15, 0.2) is 9.84 Å². The normalized spacial score (nSPS) is 22.9. The quantitative estimate of drug-likeness (QED) is 0.844. The van der Waals surface area contributed by atoms with Crippen LogP contribution in [0.25, 0.3) is 0 Å². The summed E-state index contributed by atoms with van der Waals surface area (Å²) in [5, 5.41) is 3.40. The Balaban J connectivity index is 1.94. The zero-order chi connectivity index (χ0) is 14.6. The van der Waals surface area contributed by atoms with Gasteiger partial charge in [-0.25, -0.2) is 8.42 Å². The van der Waals surface area contributed by atoms with Crippen molar-refractivity contribution in [3.63, 3.8) is 0 Å². The molecule has 1 fully saturated rings. The standard InChI is InChI=1S/C15H24N2O2S/c1-2-20(18,19)15-8-6-14(7-9-15)17-11-13-5-3-4-12(13)10-16/h6-9,12-13,17H,2-5,10-11,16H2,1H3. The number of hydrogen-bond acceptors (Lipinski definition) is 4. The summed E-state index contributed by atoms with van der Waals surface area (Å²) in [5.41, 5.74) is 6.76. The van der Waals surface area contributed by atoms with E-state index in [1.54, 1.807) is 19.1 Å². The molecule has 2 rings (SSSR count). The molecule has 1 aliphatic rings. The van der Waals surface area contributed by atoms with Crippen LogP contribution in [-0.2, 0) is 9.84 Å². The van der Waals surface area contributed by atoms with Crippen molar-refractivity contribution in [2.24, 2.45) is 17.6 Å². The summed E-state index contributed by atoms with van der Waals surface area (Å²) in [6, 6.07) is 7.04. The smallest absolute Gasteiger partial charge is 0.178 e. The van der Waals surface area contributed by atoms with E-state index in [4.69, 9.17) is 5.73 Å². The van der Waals surface area contributed by atoms with E-state index in [1.165, 1.54) is 19.3 Å². The number of hydrogen-bond donors (Lipinski definition) is 2. The predicted molar refractivity (Wildman–Crippen MR) is 82.5 cm³/mol. The second-order valence-corrected chi connectivity index (χ2v) is 7.77. The summed E-state index contributed by atoms with van der Waals surface area (Å²) in [6.07, 6.45) is 3.73.